The number of hydrogen-bond donors (Lipinski definition) is 2. The Labute approximate surface area is 107 Å². The number of carboxylic acids is 1. The number of carbonyl (C=O) groups is 1. The van der Waals surface area contributed by atoms with Gasteiger partial charge in [0.15, 0.2) is 0 Å². The Morgan fingerprint density at radius 3 is 2.39 bits per heavy atom. The van der Waals surface area contributed by atoms with Crippen LogP contribution in [0, 0.1) is 5.41 Å². The van der Waals surface area contributed by atoms with E-state index in [2.05, 4.69) is 31.3 Å². The molecule has 0 aliphatic carbocycles. The van der Waals surface area contributed by atoms with Crippen LogP contribution in [0.5, 0.6) is 0 Å². The van der Waals surface area contributed by atoms with Crippen LogP contribution in [-0.4, -0.2) is 30.8 Å². The molecule has 4 heteroatoms. The first-order valence-electron chi connectivity index (χ1n) is 6.18. The summed E-state index contributed by atoms with van der Waals surface area (Å²) in [4.78, 5) is 11.1. The van der Waals surface area contributed by atoms with Crippen molar-refractivity contribution in [1.29, 1.82) is 0 Å². The third-order valence-corrected chi connectivity index (χ3v) is 3.42. The standard InChI is InChI=1S/C14H19NO3/c1-10(2)11-3-5-12(6-4-11)15-7-14(13(16)17)8-18-9-14/h3-6,10,15H,7-9H2,1-2H3,(H,16,17). The molecule has 2 N–H and O–H groups in total. The van der Waals surface area contributed by atoms with Gasteiger partial charge in [-0.1, -0.05) is 26.0 Å². The van der Waals surface area contributed by atoms with E-state index in [0.717, 1.165) is 5.69 Å². The molecule has 1 aliphatic rings. The molecule has 18 heavy (non-hydrogen) atoms. The van der Waals surface area contributed by atoms with Gasteiger partial charge in [-0.25, -0.2) is 0 Å². The average molecular weight is 249 g/mol. The summed E-state index contributed by atoms with van der Waals surface area (Å²) in [5, 5.41) is 12.3. The minimum absolute atomic E-state index is 0.291. The first-order valence-corrected chi connectivity index (χ1v) is 6.18. The quantitative estimate of drug-likeness (QED) is 0.840. The molecular formula is C14H19NO3. The molecule has 1 aliphatic heterocycles. The maximum absolute atomic E-state index is 11.1. The molecule has 0 saturated carbocycles. The SMILES string of the molecule is CC(C)c1ccc(NCC2(C(=O)O)COC2)cc1. The zero-order valence-corrected chi connectivity index (χ0v) is 10.8. The molecule has 1 saturated heterocycles. The second-order valence-corrected chi connectivity index (χ2v) is 5.21. The van der Waals surface area contributed by atoms with E-state index in [1.54, 1.807) is 0 Å². The zero-order valence-electron chi connectivity index (χ0n) is 10.8. The van der Waals surface area contributed by atoms with Crippen LogP contribution in [0.1, 0.15) is 25.3 Å². The fourth-order valence-electron chi connectivity index (χ4n) is 1.91. The average Bonchev–Trinajstić information content (AvgIpc) is 2.27. The van der Waals surface area contributed by atoms with E-state index in [1.807, 2.05) is 12.1 Å². The van der Waals surface area contributed by atoms with Gasteiger partial charge in [-0.3, -0.25) is 4.79 Å². The Hall–Kier alpha value is -1.55. The van der Waals surface area contributed by atoms with Gasteiger partial charge in [0.1, 0.15) is 5.41 Å². The van der Waals surface area contributed by atoms with Crippen LogP contribution in [0.15, 0.2) is 24.3 Å². The fraction of sp³-hybridized carbons (Fsp3) is 0.500. The molecule has 1 fully saturated rings. The highest BCUT2D eigenvalue weighted by Gasteiger charge is 2.46. The Bertz CT molecular complexity index is 421. The van der Waals surface area contributed by atoms with Crippen molar-refractivity contribution >= 4 is 11.7 Å². The van der Waals surface area contributed by atoms with Crippen molar-refractivity contribution in [2.24, 2.45) is 5.41 Å². The molecule has 0 atom stereocenters. The number of hydrogen-bond acceptors (Lipinski definition) is 3. The van der Waals surface area contributed by atoms with Crippen molar-refractivity contribution in [3.05, 3.63) is 29.8 Å². The number of nitrogens with one attached hydrogen (secondary N) is 1. The van der Waals surface area contributed by atoms with E-state index >= 15 is 0 Å². The number of rotatable bonds is 5. The first kappa shape index (κ1) is 12.9. The summed E-state index contributed by atoms with van der Waals surface area (Å²) in [6.45, 7) is 5.28. The minimum atomic E-state index is -0.792. The van der Waals surface area contributed by atoms with Crippen LogP contribution in [0.3, 0.4) is 0 Å². The molecule has 1 aromatic rings. The lowest BCUT2D eigenvalue weighted by Gasteiger charge is -2.37. The Morgan fingerprint density at radius 2 is 2.00 bits per heavy atom. The van der Waals surface area contributed by atoms with Crippen LogP contribution >= 0.6 is 0 Å². The summed E-state index contributed by atoms with van der Waals surface area (Å²) in [5.74, 6) is -0.288. The lowest BCUT2D eigenvalue weighted by Crippen LogP contribution is -2.53. The minimum Gasteiger partial charge on any atom is -0.481 e. The van der Waals surface area contributed by atoms with Gasteiger partial charge in [-0.2, -0.15) is 0 Å². The molecule has 1 heterocycles. The highest BCUT2D eigenvalue weighted by molar-refractivity contribution is 5.77. The number of benzene rings is 1. The van der Waals surface area contributed by atoms with Crippen molar-refractivity contribution in [2.45, 2.75) is 19.8 Å². The van der Waals surface area contributed by atoms with Crippen molar-refractivity contribution in [2.75, 3.05) is 25.1 Å². The topological polar surface area (TPSA) is 58.6 Å². The monoisotopic (exact) mass is 249 g/mol. The van der Waals surface area contributed by atoms with Crippen LogP contribution in [0.25, 0.3) is 0 Å². The number of ether oxygens (including phenoxy) is 1. The Kier molecular flexibility index (Phi) is 3.57. The maximum atomic E-state index is 11.1. The smallest absolute Gasteiger partial charge is 0.316 e. The summed E-state index contributed by atoms with van der Waals surface area (Å²) in [5.41, 5.74) is 1.48. The van der Waals surface area contributed by atoms with E-state index in [0.29, 0.717) is 25.7 Å². The van der Waals surface area contributed by atoms with Crippen LogP contribution in [0.4, 0.5) is 5.69 Å². The van der Waals surface area contributed by atoms with Crippen LogP contribution < -0.4 is 5.32 Å². The van der Waals surface area contributed by atoms with Crippen molar-refractivity contribution in [3.63, 3.8) is 0 Å². The lowest BCUT2D eigenvalue weighted by atomic mass is 9.86. The zero-order chi connectivity index (χ0) is 13.2. The molecule has 4 nitrogen and oxygen atoms in total. The number of carboxylic acid groups (broad SMARTS) is 1. The Morgan fingerprint density at radius 1 is 1.39 bits per heavy atom. The summed E-state index contributed by atoms with van der Waals surface area (Å²) >= 11 is 0. The van der Waals surface area contributed by atoms with Gasteiger partial charge in [-0.05, 0) is 23.6 Å². The second kappa shape index (κ2) is 4.98. The predicted molar refractivity (Wildman–Crippen MR) is 69.9 cm³/mol. The van der Waals surface area contributed by atoms with Crippen LogP contribution in [0.2, 0.25) is 0 Å². The predicted octanol–water partition coefficient (Wildman–Crippen LogP) is 2.32. The molecule has 0 amide bonds. The third-order valence-electron chi connectivity index (χ3n) is 3.42. The summed E-state index contributed by atoms with van der Waals surface area (Å²) in [6.07, 6.45) is 0. The van der Waals surface area contributed by atoms with Gasteiger partial charge in [0.05, 0.1) is 13.2 Å². The van der Waals surface area contributed by atoms with Gasteiger partial charge in [-0.15, -0.1) is 0 Å². The lowest BCUT2D eigenvalue weighted by molar-refractivity contribution is -0.176. The van der Waals surface area contributed by atoms with E-state index in [4.69, 9.17) is 9.84 Å². The van der Waals surface area contributed by atoms with Gasteiger partial charge < -0.3 is 15.2 Å². The van der Waals surface area contributed by atoms with E-state index in [1.165, 1.54) is 5.56 Å². The molecule has 2 rings (SSSR count). The van der Waals surface area contributed by atoms with Gasteiger partial charge in [0.25, 0.3) is 0 Å². The molecule has 0 radical (unpaired) electrons. The summed E-state index contributed by atoms with van der Waals surface area (Å²) in [6, 6.07) is 8.12. The van der Waals surface area contributed by atoms with Crippen molar-refractivity contribution in [1.82, 2.24) is 0 Å². The fourth-order valence-corrected chi connectivity index (χ4v) is 1.91. The largest absolute Gasteiger partial charge is 0.481 e. The van der Waals surface area contributed by atoms with Gasteiger partial charge in [0, 0.05) is 12.2 Å². The molecule has 1 aromatic carbocycles. The highest BCUT2D eigenvalue weighted by atomic mass is 16.5. The molecular weight excluding hydrogens is 230 g/mol. The van der Waals surface area contributed by atoms with E-state index < -0.39 is 11.4 Å². The first-order chi connectivity index (χ1) is 8.53. The third kappa shape index (κ3) is 2.48. The van der Waals surface area contributed by atoms with Gasteiger partial charge in [0.2, 0.25) is 0 Å². The van der Waals surface area contributed by atoms with E-state index in [-0.39, 0.29) is 0 Å². The van der Waals surface area contributed by atoms with Crippen molar-refractivity contribution in [3.8, 4) is 0 Å². The molecule has 0 aromatic heterocycles. The molecule has 0 unspecified atom stereocenters. The molecule has 0 spiro atoms. The summed E-state index contributed by atoms with van der Waals surface area (Å²) < 4.78 is 5.02. The maximum Gasteiger partial charge on any atom is 0.316 e. The van der Waals surface area contributed by atoms with Crippen LogP contribution in [-0.2, 0) is 9.53 Å². The summed E-state index contributed by atoms with van der Waals surface area (Å²) in [7, 11) is 0. The Balaban J connectivity index is 1.96. The van der Waals surface area contributed by atoms with E-state index in [9.17, 15) is 4.79 Å². The number of anilines is 1. The van der Waals surface area contributed by atoms with Crippen molar-refractivity contribution < 1.29 is 14.6 Å². The number of aliphatic carboxylic acids is 1. The molecule has 0 bridgehead atoms. The molecule has 98 valence electrons. The highest BCUT2D eigenvalue weighted by Crippen LogP contribution is 2.28. The second-order valence-electron chi connectivity index (χ2n) is 5.21. The van der Waals surface area contributed by atoms with Gasteiger partial charge >= 0.3 is 5.97 Å². The normalized spacial score (nSPS) is 17.3.